The van der Waals surface area contributed by atoms with Crippen LogP contribution < -0.4 is 5.32 Å². The minimum Gasteiger partial charge on any atom is -0.394 e. The molecule has 2 aliphatic rings. The van der Waals surface area contributed by atoms with E-state index >= 15 is 0 Å². The topological polar surface area (TPSA) is 44.7 Å². The van der Waals surface area contributed by atoms with E-state index in [9.17, 15) is 5.11 Å². The van der Waals surface area contributed by atoms with Gasteiger partial charge in [-0.3, -0.25) is 4.90 Å². The van der Waals surface area contributed by atoms with E-state index in [-0.39, 0.29) is 12.1 Å². The molecule has 1 aliphatic carbocycles. The summed E-state index contributed by atoms with van der Waals surface area (Å²) in [6.07, 6.45) is 3.71. The second-order valence-corrected chi connectivity index (χ2v) is 5.54. The highest BCUT2D eigenvalue weighted by Crippen LogP contribution is 2.33. The zero-order chi connectivity index (χ0) is 12.3. The molecule has 0 aromatic carbocycles. The number of hydrogen-bond acceptors (Lipinski definition) is 4. The van der Waals surface area contributed by atoms with Gasteiger partial charge in [0, 0.05) is 24.7 Å². The second kappa shape index (κ2) is 5.65. The molecule has 4 nitrogen and oxygen atoms in total. The molecule has 2 fully saturated rings. The SMILES string of the molecule is CCNC1(CO)CCC(N2CCOC(C)C2)C1. The monoisotopic (exact) mass is 242 g/mol. The maximum Gasteiger partial charge on any atom is 0.0674 e. The Morgan fingerprint density at radius 3 is 3.00 bits per heavy atom. The molecule has 0 radical (unpaired) electrons. The number of nitrogens with zero attached hydrogens (tertiary/aromatic N) is 1. The average molecular weight is 242 g/mol. The lowest BCUT2D eigenvalue weighted by molar-refractivity contribution is -0.0345. The van der Waals surface area contributed by atoms with E-state index in [0.717, 1.165) is 39.1 Å². The Morgan fingerprint density at radius 1 is 1.53 bits per heavy atom. The van der Waals surface area contributed by atoms with Crippen LogP contribution in [0.4, 0.5) is 0 Å². The summed E-state index contributed by atoms with van der Waals surface area (Å²) in [5.41, 5.74) is -0.0268. The number of aliphatic hydroxyl groups is 1. The molecule has 2 N–H and O–H groups in total. The van der Waals surface area contributed by atoms with Gasteiger partial charge in [0.1, 0.15) is 0 Å². The van der Waals surface area contributed by atoms with Crippen molar-refractivity contribution in [2.75, 3.05) is 32.8 Å². The Balaban J connectivity index is 1.91. The molecule has 3 atom stereocenters. The summed E-state index contributed by atoms with van der Waals surface area (Å²) in [6, 6.07) is 0.618. The number of rotatable bonds is 4. The van der Waals surface area contributed by atoms with Gasteiger partial charge in [0.25, 0.3) is 0 Å². The summed E-state index contributed by atoms with van der Waals surface area (Å²) in [4.78, 5) is 2.54. The fraction of sp³-hybridized carbons (Fsp3) is 1.00. The summed E-state index contributed by atoms with van der Waals surface area (Å²) < 4.78 is 5.59. The molecule has 0 aromatic heterocycles. The van der Waals surface area contributed by atoms with Crippen LogP contribution in [0.25, 0.3) is 0 Å². The molecule has 0 aromatic rings. The highest BCUT2D eigenvalue weighted by atomic mass is 16.5. The quantitative estimate of drug-likeness (QED) is 0.758. The minimum absolute atomic E-state index is 0.0268. The summed E-state index contributed by atoms with van der Waals surface area (Å²) in [6.45, 7) is 8.39. The van der Waals surface area contributed by atoms with Crippen molar-refractivity contribution in [3.05, 3.63) is 0 Å². The predicted octanol–water partition coefficient (Wildman–Crippen LogP) is 0.600. The van der Waals surface area contributed by atoms with Gasteiger partial charge in [-0.25, -0.2) is 0 Å². The number of hydrogen-bond donors (Lipinski definition) is 2. The van der Waals surface area contributed by atoms with Crippen molar-refractivity contribution in [3.8, 4) is 0 Å². The van der Waals surface area contributed by atoms with Gasteiger partial charge in [-0.1, -0.05) is 6.92 Å². The smallest absolute Gasteiger partial charge is 0.0674 e. The summed E-state index contributed by atoms with van der Waals surface area (Å²) >= 11 is 0. The third-order valence-electron chi connectivity index (χ3n) is 4.23. The Hall–Kier alpha value is -0.160. The fourth-order valence-corrected chi connectivity index (χ4v) is 3.32. The highest BCUT2D eigenvalue weighted by molar-refractivity contribution is 4.99. The lowest BCUT2D eigenvalue weighted by atomic mass is 9.98. The van der Waals surface area contributed by atoms with Crippen molar-refractivity contribution in [2.24, 2.45) is 0 Å². The van der Waals surface area contributed by atoms with Crippen LogP contribution in [0.5, 0.6) is 0 Å². The lowest BCUT2D eigenvalue weighted by Gasteiger charge is -2.36. The van der Waals surface area contributed by atoms with Crippen molar-refractivity contribution >= 4 is 0 Å². The number of ether oxygens (including phenoxy) is 1. The Morgan fingerprint density at radius 2 is 2.35 bits per heavy atom. The molecule has 3 unspecified atom stereocenters. The van der Waals surface area contributed by atoms with E-state index in [1.165, 1.54) is 6.42 Å². The molecule has 0 amide bonds. The van der Waals surface area contributed by atoms with E-state index in [1.54, 1.807) is 0 Å². The average Bonchev–Trinajstić information content (AvgIpc) is 2.75. The summed E-state index contributed by atoms with van der Waals surface area (Å²) in [7, 11) is 0. The predicted molar refractivity (Wildman–Crippen MR) is 68.1 cm³/mol. The Labute approximate surface area is 104 Å². The van der Waals surface area contributed by atoms with Crippen molar-refractivity contribution in [2.45, 2.75) is 50.8 Å². The zero-order valence-electron chi connectivity index (χ0n) is 11.1. The van der Waals surface area contributed by atoms with Crippen LogP contribution in [0.15, 0.2) is 0 Å². The van der Waals surface area contributed by atoms with E-state index in [2.05, 4.69) is 24.1 Å². The number of morpholine rings is 1. The van der Waals surface area contributed by atoms with E-state index < -0.39 is 0 Å². The lowest BCUT2D eigenvalue weighted by Crippen LogP contribution is -2.50. The number of likely N-dealkylation sites (N-methyl/N-ethyl adjacent to an activating group) is 1. The fourth-order valence-electron chi connectivity index (χ4n) is 3.32. The molecule has 100 valence electrons. The first-order chi connectivity index (χ1) is 8.19. The Bertz CT molecular complexity index is 250. The second-order valence-electron chi connectivity index (χ2n) is 5.54. The van der Waals surface area contributed by atoms with Crippen molar-refractivity contribution in [3.63, 3.8) is 0 Å². The van der Waals surface area contributed by atoms with Crippen molar-refractivity contribution < 1.29 is 9.84 Å². The van der Waals surface area contributed by atoms with Gasteiger partial charge < -0.3 is 15.2 Å². The van der Waals surface area contributed by atoms with E-state index in [4.69, 9.17) is 4.74 Å². The maximum absolute atomic E-state index is 9.61. The third kappa shape index (κ3) is 2.99. The van der Waals surface area contributed by atoms with Crippen LogP contribution in [0.2, 0.25) is 0 Å². The van der Waals surface area contributed by atoms with Gasteiger partial charge in [0.2, 0.25) is 0 Å². The van der Waals surface area contributed by atoms with Crippen molar-refractivity contribution in [1.29, 1.82) is 0 Å². The van der Waals surface area contributed by atoms with Gasteiger partial charge in [0.15, 0.2) is 0 Å². The summed E-state index contributed by atoms with van der Waals surface area (Å²) in [5.74, 6) is 0. The highest BCUT2D eigenvalue weighted by Gasteiger charge is 2.40. The third-order valence-corrected chi connectivity index (χ3v) is 4.23. The van der Waals surface area contributed by atoms with Crippen LogP contribution in [0, 0.1) is 0 Å². The standard InChI is InChI=1S/C13H26N2O2/c1-3-14-13(10-16)5-4-12(8-13)15-6-7-17-11(2)9-15/h11-12,14,16H,3-10H2,1-2H3. The molecule has 1 heterocycles. The maximum atomic E-state index is 9.61. The van der Waals surface area contributed by atoms with E-state index in [0.29, 0.717) is 12.1 Å². The van der Waals surface area contributed by atoms with Gasteiger partial charge >= 0.3 is 0 Å². The molecule has 2 rings (SSSR count). The van der Waals surface area contributed by atoms with Crippen molar-refractivity contribution in [1.82, 2.24) is 10.2 Å². The molecule has 4 heteroatoms. The molecular formula is C13H26N2O2. The van der Waals surface area contributed by atoms with Gasteiger partial charge in [-0.05, 0) is 32.7 Å². The molecule has 1 aliphatic heterocycles. The van der Waals surface area contributed by atoms with Crippen LogP contribution in [-0.4, -0.2) is 60.5 Å². The van der Waals surface area contributed by atoms with Gasteiger partial charge in [-0.2, -0.15) is 0 Å². The molecule has 0 spiro atoms. The first-order valence-electron chi connectivity index (χ1n) is 6.90. The van der Waals surface area contributed by atoms with Crippen LogP contribution >= 0.6 is 0 Å². The molecule has 0 bridgehead atoms. The van der Waals surface area contributed by atoms with Gasteiger partial charge in [0.05, 0.1) is 19.3 Å². The number of aliphatic hydroxyl groups excluding tert-OH is 1. The first kappa shape index (κ1) is 13.3. The normalized spacial score (nSPS) is 39.7. The molecule has 1 saturated heterocycles. The first-order valence-corrected chi connectivity index (χ1v) is 6.90. The zero-order valence-corrected chi connectivity index (χ0v) is 11.1. The van der Waals surface area contributed by atoms with Crippen LogP contribution in [-0.2, 0) is 4.74 Å². The molecular weight excluding hydrogens is 216 g/mol. The molecule has 17 heavy (non-hydrogen) atoms. The van der Waals surface area contributed by atoms with Gasteiger partial charge in [-0.15, -0.1) is 0 Å². The Kier molecular flexibility index (Phi) is 4.42. The van der Waals surface area contributed by atoms with E-state index in [1.807, 2.05) is 0 Å². The minimum atomic E-state index is -0.0268. The number of nitrogens with one attached hydrogen (secondary N) is 1. The molecule has 1 saturated carbocycles. The largest absolute Gasteiger partial charge is 0.394 e. The van der Waals surface area contributed by atoms with Crippen LogP contribution in [0.1, 0.15) is 33.1 Å². The summed E-state index contributed by atoms with van der Waals surface area (Å²) in [5, 5.41) is 13.1. The van der Waals surface area contributed by atoms with Crippen LogP contribution in [0.3, 0.4) is 0 Å².